The van der Waals surface area contributed by atoms with Crippen LogP contribution in [0.25, 0.3) is 0 Å². The summed E-state index contributed by atoms with van der Waals surface area (Å²) in [5, 5.41) is 0. The van der Waals surface area contributed by atoms with Crippen LogP contribution in [0.4, 0.5) is 0 Å². The van der Waals surface area contributed by atoms with Crippen LogP contribution in [0.1, 0.15) is 13.8 Å². The molecule has 0 heterocycles. The first-order chi connectivity index (χ1) is 4.35. The summed E-state index contributed by atoms with van der Waals surface area (Å²) in [6.45, 7) is 6.62. The molecule has 0 N–H and O–H groups in total. The van der Waals surface area contributed by atoms with Crippen molar-refractivity contribution >= 4 is 24.6 Å². The van der Waals surface area contributed by atoms with Crippen LogP contribution in [0.5, 0.6) is 0 Å². The molecule has 3 heteroatoms. The molecule has 56 valence electrons. The summed E-state index contributed by atoms with van der Waals surface area (Å²) < 4.78 is 2.33. The van der Waals surface area contributed by atoms with Gasteiger partial charge in [-0.05, 0) is 0 Å². The number of hydrogen-bond donors (Lipinski definition) is 1. The Morgan fingerprint density at radius 2 is 1.89 bits per heavy atom. The summed E-state index contributed by atoms with van der Waals surface area (Å²) in [5.41, 5.74) is 0. The topological polar surface area (TPSA) is 3.24 Å². The second-order valence-corrected chi connectivity index (χ2v) is 3.30. The Kier molecular flexibility index (Phi) is 7.27. The highest BCUT2D eigenvalue weighted by Gasteiger charge is 1.95. The van der Waals surface area contributed by atoms with Gasteiger partial charge in [-0.15, -0.1) is 0 Å². The third-order valence-electron chi connectivity index (χ3n) is 1.07. The Balaban J connectivity index is 3.09. The van der Waals surface area contributed by atoms with Crippen molar-refractivity contribution in [1.82, 2.24) is 4.31 Å². The maximum absolute atomic E-state index is 4.13. The van der Waals surface area contributed by atoms with Crippen LogP contribution in [-0.2, 0) is 0 Å². The van der Waals surface area contributed by atoms with Gasteiger partial charge in [-0.1, -0.05) is 25.8 Å². The average Bonchev–Trinajstić information content (AvgIpc) is 1.91. The SMILES string of the molecule is CCN(CC)SCCS. The molecular weight excluding hydrogens is 150 g/mol. The van der Waals surface area contributed by atoms with Gasteiger partial charge in [-0.3, -0.25) is 4.31 Å². The first-order valence-electron chi connectivity index (χ1n) is 3.33. The smallest absolute Gasteiger partial charge is 0.0169 e. The normalized spacial score (nSPS) is 10.7. The van der Waals surface area contributed by atoms with Crippen molar-refractivity contribution in [2.24, 2.45) is 0 Å². The lowest BCUT2D eigenvalue weighted by Crippen LogP contribution is -2.14. The van der Waals surface area contributed by atoms with Gasteiger partial charge in [0.1, 0.15) is 0 Å². The van der Waals surface area contributed by atoms with Crippen LogP contribution < -0.4 is 0 Å². The second kappa shape index (κ2) is 6.78. The molecule has 0 fully saturated rings. The van der Waals surface area contributed by atoms with E-state index in [4.69, 9.17) is 0 Å². The third kappa shape index (κ3) is 5.12. The van der Waals surface area contributed by atoms with E-state index in [1.54, 1.807) is 0 Å². The zero-order valence-corrected chi connectivity index (χ0v) is 7.84. The summed E-state index contributed by atoms with van der Waals surface area (Å²) in [5.74, 6) is 2.10. The Morgan fingerprint density at radius 1 is 1.33 bits per heavy atom. The lowest BCUT2D eigenvalue weighted by Gasteiger charge is -2.15. The lowest BCUT2D eigenvalue weighted by atomic mass is 10.7. The molecule has 0 rings (SSSR count). The highest BCUT2D eigenvalue weighted by Crippen LogP contribution is 2.07. The first kappa shape index (κ1) is 9.66. The summed E-state index contributed by atoms with van der Waals surface area (Å²) in [6.07, 6.45) is 0. The maximum atomic E-state index is 4.13. The minimum Gasteiger partial charge on any atom is -0.251 e. The van der Waals surface area contributed by atoms with Crippen molar-refractivity contribution in [2.45, 2.75) is 13.8 Å². The quantitative estimate of drug-likeness (QED) is 0.489. The van der Waals surface area contributed by atoms with Crippen LogP contribution in [0.15, 0.2) is 0 Å². The van der Waals surface area contributed by atoms with E-state index < -0.39 is 0 Å². The summed E-state index contributed by atoms with van der Waals surface area (Å²) >= 11 is 6.00. The number of nitrogens with zero attached hydrogens (tertiary/aromatic N) is 1. The van der Waals surface area contributed by atoms with Crippen LogP contribution in [0, 0.1) is 0 Å². The van der Waals surface area contributed by atoms with Crippen LogP contribution in [-0.4, -0.2) is 28.9 Å². The molecule has 0 radical (unpaired) electrons. The zero-order chi connectivity index (χ0) is 7.11. The summed E-state index contributed by atoms with van der Waals surface area (Å²) in [4.78, 5) is 0. The van der Waals surface area contributed by atoms with Gasteiger partial charge < -0.3 is 0 Å². The molecule has 0 aromatic rings. The molecule has 9 heavy (non-hydrogen) atoms. The lowest BCUT2D eigenvalue weighted by molar-refractivity contribution is 0.525. The highest BCUT2D eigenvalue weighted by atomic mass is 32.2. The second-order valence-electron chi connectivity index (χ2n) is 1.67. The molecule has 0 aliphatic heterocycles. The Morgan fingerprint density at radius 3 is 2.22 bits per heavy atom. The van der Waals surface area contributed by atoms with Gasteiger partial charge in [0.25, 0.3) is 0 Å². The van der Waals surface area contributed by atoms with Crippen molar-refractivity contribution in [3.8, 4) is 0 Å². The van der Waals surface area contributed by atoms with Crippen LogP contribution in [0.3, 0.4) is 0 Å². The van der Waals surface area contributed by atoms with Crippen molar-refractivity contribution in [2.75, 3.05) is 24.6 Å². The monoisotopic (exact) mass is 165 g/mol. The van der Waals surface area contributed by atoms with Crippen molar-refractivity contribution in [3.05, 3.63) is 0 Å². The van der Waals surface area contributed by atoms with E-state index in [9.17, 15) is 0 Å². The van der Waals surface area contributed by atoms with E-state index in [1.165, 1.54) is 0 Å². The number of rotatable bonds is 5. The van der Waals surface area contributed by atoms with Gasteiger partial charge in [0, 0.05) is 24.6 Å². The van der Waals surface area contributed by atoms with E-state index >= 15 is 0 Å². The molecule has 0 bridgehead atoms. The Labute approximate surface area is 67.7 Å². The Bertz CT molecular complexity index is 55.0. The fraction of sp³-hybridized carbons (Fsp3) is 1.00. The van der Waals surface area contributed by atoms with Gasteiger partial charge in [0.05, 0.1) is 0 Å². The molecule has 0 spiro atoms. The summed E-state index contributed by atoms with van der Waals surface area (Å²) in [7, 11) is 0. The fourth-order valence-electron chi connectivity index (χ4n) is 0.576. The van der Waals surface area contributed by atoms with E-state index in [2.05, 4.69) is 30.8 Å². The standard InChI is InChI=1S/C6H15NS2/c1-3-7(4-2)9-6-5-8/h8H,3-6H2,1-2H3. The fourth-order valence-corrected chi connectivity index (χ4v) is 1.53. The molecule has 0 amide bonds. The zero-order valence-electron chi connectivity index (χ0n) is 6.13. The van der Waals surface area contributed by atoms with Gasteiger partial charge in [-0.2, -0.15) is 12.6 Å². The molecule has 0 aromatic carbocycles. The van der Waals surface area contributed by atoms with Gasteiger partial charge in [0.15, 0.2) is 0 Å². The van der Waals surface area contributed by atoms with E-state index in [1.807, 2.05) is 11.9 Å². The largest absolute Gasteiger partial charge is 0.251 e. The third-order valence-corrected chi connectivity index (χ3v) is 2.86. The number of thiol groups is 1. The predicted molar refractivity (Wildman–Crippen MR) is 49.2 cm³/mol. The molecule has 0 aliphatic carbocycles. The van der Waals surface area contributed by atoms with E-state index in [0.29, 0.717) is 0 Å². The molecule has 0 aliphatic rings. The van der Waals surface area contributed by atoms with E-state index in [-0.39, 0.29) is 0 Å². The van der Waals surface area contributed by atoms with Crippen molar-refractivity contribution in [3.63, 3.8) is 0 Å². The van der Waals surface area contributed by atoms with Crippen LogP contribution >= 0.6 is 24.6 Å². The molecule has 1 nitrogen and oxygen atoms in total. The molecule has 0 saturated carbocycles. The minimum absolute atomic E-state index is 0.973. The van der Waals surface area contributed by atoms with Crippen molar-refractivity contribution in [1.29, 1.82) is 0 Å². The Hall–Kier alpha value is 0.660. The molecule has 0 saturated heterocycles. The molecule has 0 unspecified atom stereocenters. The van der Waals surface area contributed by atoms with Gasteiger partial charge in [-0.25, -0.2) is 0 Å². The van der Waals surface area contributed by atoms with E-state index in [0.717, 1.165) is 24.6 Å². The first-order valence-corrected chi connectivity index (χ1v) is 4.91. The summed E-state index contributed by atoms with van der Waals surface area (Å²) in [6, 6.07) is 0. The minimum atomic E-state index is 0.973. The van der Waals surface area contributed by atoms with Gasteiger partial charge >= 0.3 is 0 Å². The van der Waals surface area contributed by atoms with Crippen LogP contribution in [0.2, 0.25) is 0 Å². The highest BCUT2D eigenvalue weighted by molar-refractivity contribution is 7.97. The average molecular weight is 165 g/mol. The maximum Gasteiger partial charge on any atom is 0.0169 e. The molecule has 0 aromatic heterocycles. The molecule has 0 atom stereocenters. The molecular formula is C6H15NS2. The number of hydrogen-bond acceptors (Lipinski definition) is 3. The van der Waals surface area contributed by atoms with Gasteiger partial charge in [0.2, 0.25) is 0 Å². The predicted octanol–water partition coefficient (Wildman–Crippen LogP) is 1.91. The van der Waals surface area contributed by atoms with Crippen molar-refractivity contribution < 1.29 is 0 Å².